The summed E-state index contributed by atoms with van der Waals surface area (Å²) in [5.74, 6) is -0.168. The Morgan fingerprint density at radius 1 is 1.30 bits per heavy atom. The topological polar surface area (TPSA) is 80.7 Å². The first kappa shape index (κ1) is 15.8. The van der Waals surface area contributed by atoms with Crippen molar-refractivity contribution in [3.05, 3.63) is 30.0 Å². The predicted molar refractivity (Wildman–Crippen MR) is 89.1 cm³/mol. The molecule has 1 aromatic heterocycles. The molecule has 124 valence electrons. The van der Waals surface area contributed by atoms with Crippen LogP contribution in [0.25, 0.3) is 10.9 Å². The van der Waals surface area contributed by atoms with E-state index in [4.69, 9.17) is 10.5 Å². The molecule has 0 aliphatic carbocycles. The molecule has 2 aromatic rings. The Hall–Kier alpha value is -2.05. The number of piperidine rings is 1. The van der Waals surface area contributed by atoms with Crippen molar-refractivity contribution in [2.75, 3.05) is 26.7 Å². The number of likely N-dealkylation sites (tertiary alicyclic amines) is 1. The van der Waals surface area contributed by atoms with E-state index in [0.29, 0.717) is 18.3 Å². The van der Waals surface area contributed by atoms with Gasteiger partial charge in [0.2, 0.25) is 0 Å². The van der Waals surface area contributed by atoms with Crippen molar-refractivity contribution in [1.29, 1.82) is 0 Å². The predicted octanol–water partition coefficient (Wildman–Crippen LogP) is 1.77. The highest BCUT2D eigenvalue weighted by molar-refractivity contribution is 5.95. The minimum atomic E-state index is -0.902. The number of methoxy groups -OCH3 is 1. The molecule has 2 heterocycles. The molecule has 1 fully saturated rings. The van der Waals surface area contributed by atoms with E-state index in [2.05, 4.69) is 4.90 Å². The fraction of sp³-hybridized carbons (Fsp3) is 0.471. The number of benzene rings is 1. The molecule has 6 nitrogen and oxygen atoms in total. The minimum absolute atomic E-state index is 0.303. The van der Waals surface area contributed by atoms with E-state index in [-0.39, 0.29) is 0 Å². The lowest BCUT2D eigenvalue weighted by Crippen LogP contribution is -2.41. The number of hydrogen-bond donors (Lipinski definition) is 2. The van der Waals surface area contributed by atoms with Crippen molar-refractivity contribution in [2.24, 2.45) is 5.73 Å². The van der Waals surface area contributed by atoms with Crippen molar-refractivity contribution in [3.63, 3.8) is 0 Å². The number of aromatic carboxylic acids is 1. The molecule has 1 aliphatic rings. The maximum Gasteiger partial charge on any atom is 0.352 e. The van der Waals surface area contributed by atoms with Crippen LogP contribution in [-0.4, -0.2) is 53.3 Å². The number of hydrogen-bond acceptors (Lipinski definition) is 4. The molecule has 1 aliphatic heterocycles. The Labute approximate surface area is 135 Å². The fourth-order valence-electron chi connectivity index (χ4n) is 3.20. The fourth-order valence-corrected chi connectivity index (χ4v) is 3.20. The van der Waals surface area contributed by atoms with Crippen LogP contribution in [0.3, 0.4) is 0 Å². The van der Waals surface area contributed by atoms with Gasteiger partial charge in [-0.3, -0.25) is 0 Å². The number of nitrogens with two attached hydrogens (primary N) is 1. The normalized spacial score (nSPS) is 16.8. The van der Waals surface area contributed by atoms with Gasteiger partial charge in [-0.15, -0.1) is 0 Å². The Kier molecular flexibility index (Phi) is 4.54. The number of carboxylic acids is 1. The highest BCUT2D eigenvalue weighted by Gasteiger charge is 2.18. The highest BCUT2D eigenvalue weighted by atomic mass is 16.5. The van der Waals surface area contributed by atoms with E-state index in [1.165, 1.54) is 0 Å². The molecule has 3 rings (SSSR count). The summed E-state index contributed by atoms with van der Waals surface area (Å²) in [5.41, 5.74) is 7.15. The van der Waals surface area contributed by atoms with Crippen molar-refractivity contribution in [2.45, 2.75) is 25.4 Å². The lowest BCUT2D eigenvalue weighted by Gasteiger charge is -2.30. The lowest BCUT2D eigenvalue weighted by molar-refractivity contribution is 0.0684. The molecule has 3 N–H and O–H groups in total. The summed E-state index contributed by atoms with van der Waals surface area (Å²) in [7, 11) is 1.61. The summed E-state index contributed by atoms with van der Waals surface area (Å²) in [6, 6.07) is 7.68. The number of carbonyl (C=O) groups is 1. The smallest absolute Gasteiger partial charge is 0.352 e. The van der Waals surface area contributed by atoms with E-state index >= 15 is 0 Å². The number of fused-ring (bicyclic) bond motifs is 1. The number of carboxylic acid groups (broad SMARTS) is 1. The highest BCUT2D eigenvalue weighted by Crippen LogP contribution is 2.25. The standard InChI is InChI=1S/C17H23N3O3/c1-23-14-3-2-12-10-16(17(21)22)20(15(12)11-14)9-8-19-6-4-13(18)5-7-19/h2-3,10-11,13H,4-9,18H2,1H3,(H,21,22). The third kappa shape index (κ3) is 3.33. The van der Waals surface area contributed by atoms with Crippen LogP contribution in [0.1, 0.15) is 23.3 Å². The molecule has 6 heteroatoms. The van der Waals surface area contributed by atoms with Crippen LogP contribution < -0.4 is 10.5 Å². The van der Waals surface area contributed by atoms with E-state index in [0.717, 1.165) is 49.1 Å². The van der Waals surface area contributed by atoms with E-state index in [1.807, 2.05) is 22.8 Å². The SMILES string of the molecule is COc1ccc2cc(C(=O)O)n(CCN3CCC(N)CC3)c2c1. The van der Waals surface area contributed by atoms with Crippen LogP contribution in [-0.2, 0) is 6.54 Å². The average Bonchev–Trinajstić information content (AvgIpc) is 2.92. The Bertz CT molecular complexity index is 702. The number of ether oxygens (including phenoxy) is 1. The largest absolute Gasteiger partial charge is 0.497 e. The second-order valence-corrected chi connectivity index (χ2v) is 6.09. The molecule has 0 radical (unpaired) electrons. The summed E-state index contributed by atoms with van der Waals surface area (Å²) < 4.78 is 7.14. The van der Waals surface area contributed by atoms with Crippen LogP contribution in [0.4, 0.5) is 0 Å². The Morgan fingerprint density at radius 3 is 2.70 bits per heavy atom. The van der Waals surface area contributed by atoms with Crippen LogP contribution in [0, 0.1) is 0 Å². The molecule has 0 bridgehead atoms. The van der Waals surface area contributed by atoms with Crippen LogP contribution in [0.2, 0.25) is 0 Å². The minimum Gasteiger partial charge on any atom is -0.497 e. The van der Waals surface area contributed by atoms with E-state index in [1.54, 1.807) is 13.2 Å². The third-order valence-corrected chi connectivity index (χ3v) is 4.60. The van der Waals surface area contributed by atoms with Crippen molar-refractivity contribution in [1.82, 2.24) is 9.47 Å². The van der Waals surface area contributed by atoms with E-state index < -0.39 is 5.97 Å². The van der Waals surface area contributed by atoms with Gasteiger partial charge in [0.25, 0.3) is 0 Å². The monoisotopic (exact) mass is 317 g/mol. The zero-order valence-corrected chi connectivity index (χ0v) is 13.4. The second kappa shape index (κ2) is 6.60. The summed E-state index contributed by atoms with van der Waals surface area (Å²) >= 11 is 0. The van der Waals surface area contributed by atoms with Gasteiger partial charge in [0, 0.05) is 30.6 Å². The number of rotatable bonds is 5. The van der Waals surface area contributed by atoms with Gasteiger partial charge in [-0.05, 0) is 44.1 Å². The van der Waals surface area contributed by atoms with Crippen molar-refractivity contribution >= 4 is 16.9 Å². The molecule has 1 saturated heterocycles. The van der Waals surface area contributed by atoms with Crippen molar-refractivity contribution < 1.29 is 14.6 Å². The van der Waals surface area contributed by atoms with Gasteiger partial charge in [0.15, 0.2) is 0 Å². The molecule has 0 spiro atoms. The molecule has 0 unspecified atom stereocenters. The van der Waals surface area contributed by atoms with Gasteiger partial charge < -0.3 is 25.0 Å². The molecule has 1 aromatic carbocycles. The van der Waals surface area contributed by atoms with Gasteiger partial charge in [-0.2, -0.15) is 0 Å². The lowest BCUT2D eigenvalue weighted by atomic mass is 10.1. The second-order valence-electron chi connectivity index (χ2n) is 6.09. The summed E-state index contributed by atoms with van der Waals surface area (Å²) in [4.78, 5) is 13.9. The van der Waals surface area contributed by atoms with Gasteiger partial charge >= 0.3 is 5.97 Å². The molecule has 0 amide bonds. The zero-order valence-electron chi connectivity index (χ0n) is 13.4. The average molecular weight is 317 g/mol. The maximum atomic E-state index is 11.6. The van der Waals surface area contributed by atoms with Gasteiger partial charge in [-0.1, -0.05) is 0 Å². The van der Waals surface area contributed by atoms with Gasteiger partial charge in [0.1, 0.15) is 11.4 Å². The third-order valence-electron chi connectivity index (χ3n) is 4.60. The van der Waals surface area contributed by atoms with Gasteiger partial charge in [-0.25, -0.2) is 4.79 Å². The first-order valence-electron chi connectivity index (χ1n) is 7.97. The Morgan fingerprint density at radius 2 is 2.04 bits per heavy atom. The quantitative estimate of drug-likeness (QED) is 0.878. The van der Waals surface area contributed by atoms with Crippen LogP contribution in [0.15, 0.2) is 24.3 Å². The molecular weight excluding hydrogens is 294 g/mol. The first-order valence-corrected chi connectivity index (χ1v) is 7.97. The number of aromatic nitrogens is 1. The molecule has 23 heavy (non-hydrogen) atoms. The van der Waals surface area contributed by atoms with Crippen LogP contribution in [0.5, 0.6) is 5.75 Å². The summed E-state index contributed by atoms with van der Waals surface area (Å²) in [6.45, 7) is 3.43. The van der Waals surface area contributed by atoms with Crippen molar-refractivity contribution in [3.8, 4) is 5.75 Å². The molecular formula is C17H23N3O3. The zero-order chi connectivity index (χ0) is 16.4. The number of nitrogens with zero attached hydrogens (tertiary/aromatic N) is 2. The maximum absolute atomic E-state index is 11.6. The van der Waals surface area contributed by atoms with Gasteiger partial charge in [0.05, 0.1) is 12.6 Å². The first-order chi connectivity index (χ1) is 11.1. The summed E-state index contributed by atoms with van der Waals surface area (Å²) in [5, 5.41) is 10.4. The van der Waals surface area contributed by atoms with E-state index in [9.17, 15) is 9.90 Å². The molecule has 0 atom stereocenters. The van der Waals surface area contributed by atoms with Crippen LogP contribution >= 0.6 is 0 Å². The summed E-state index contributed by atoms with van der Waals surface area (Å²) in [6.07, 6.45) is 2.01. The Balaban J connectivity index is 1.85. The molecule has 0 saturated carbocycles.